The molecule has 1 amide bonds. The number of aromatic nitrogens is 4. The molecule has 0 fully saturated rings. The summed E-state index contributed by atoms with van der Waals surface area (Å²) < 4.78 is 29.2. The van der Waals surface area contributed by atoms with Crippen molar-refractivity contribution in [3.63, 3.8) is 0 Å². The lowest BCUT2D eigenvalue weighted by Gasteiger charge is -2.04. The molecule has 0 aliphatic rings. The van der Waals surface area contributed by atoms with Crippen molar-refractivity contribution in [2.75, 3.05) is 5.32 Å². The molecule has 0 aliphatic heterocycles. The molecule has 4 rings (SSSR count). The van der Waals surface area contributed by atoms with Crippen LogP contribution in [0.25, 0.3) is 16.9 Å². The monoisotopic (exact) mass is 442 g/mol. The van der Waals surface area contributed by atoms with E-state index in [-0.39, 0.29) is 27.8 Å². The molecule has 0 saturated heterocycles. The average Bonchev–Trinajstić information content (AvgIpc) is 3.34. The topological polar surface area (TPSA) is 116 Å². The smallest absolute Gasteiger partial charge is 0.279 e. The first-order chi connectivity index (χ1) is 14.8. The number of thiazole rings is 1. The summed E-state index contributed by atoms with van der Waals surface area (Å²) in [6.07, 6.45) is 0. The zero-order valence-electron chi connectivity index (χ0n) is 15.7. The fraction of sp³-hybridized carbons (Fsp3) is 0.0526. The molecule has 0 unspecified atom stereocenters. The number of hydrogen-bond acceptors (Lipinski definition) is 7. The van der Waals surface area contributed by atoms with Crippen molar-refractivity contribution in [2.24, 2.45) is 0 Å². The lowest BCUT2D eigenvalue weighted by molar-refractivity contribution is -0.384. The number of nitro benzene ring substituents is 1. The number of amides is 1. The van der Waals surface area contributed by atoms with Crippen LogP contribution in [0.4, 0.5) is 19.6 Å². The number of nitrogens with zero attached hydrogens (tertiary/aromatic N) is 5. The SMILES string of the molecule is Cc1c(C(=O)Nc2nc(-c3c(F)cccc3F)cs2)nnn1-c1cccc([N+](=O)[O-])c1. The molecular weight excluding hydrogens is 430 g/mol. The number of carbonyl (C=O) groups is 1. The standard InChI is InChI=1S/C19H12F2N6O3S/c1-10-17(24-25-26(10)11-4-2-5-12(8-11)27(29)30)18(28)23-19-22-15(9-31-19)16-13(20)6-3-7-14(16)21/h2-9H,1H3,(H,22,23,28). The van der Waals surface area contributed by atoms with Gasteiger partial charge in [-0.2, -0.15) is 0 Å². The summed E-state index contributed by atoms with van der Waals surface area (Å²) in [4.78, 5) is 27.1. The summed E-state index contributed by atoms with van der Waals surface area (Å²) in [6.45, 7) is 1.58. The number of benzene rings is 2. The van der Waals surface area contributed by atoms with E-state index in [0.29, 0.717) is 11.4 Å². The van der Waals surface area contributed by atoms with Gasteiger partial charge in [-0.3, -0.25) is 20.2 Å². The van der Waals surface area contributed by atoms with E-state index in [1.54, 1.807) is 13.0 Å². The number of nitrogens with one attached hydrogen (secondary N) is 1. The Morgan fingerprint density at radius 3 is 2.61 bits per heavy atom. The number of non-ortho nitro benzene ring substituents is 1. The van der Waals surface area contributed by atoms with Gasteiger partial charge in [0.15, 0.2) is 10.8 Å². The van der Waals surface area contributed by atoms with Crippen LogP contribution in [0.15, 0.2) is 47.8 Å². The van der Waals surface area contributed by atoms with Crippen molar-refractivity contribution in [1.29, 1.82) is 0 Å². The van der Waals surface area contributed by atoms with E-state index < -0.39 is 22.5 Å². The third-order valence-corrected chi connectivity index (χ3v) is 5.10. The highest BCUT2D eigenvalue weighted by molar-refractivity contribution is 7.14. The van der Waals surface area contributed by atoms with Crippen LogP contribution >= 0.6 is 11.3 Å². The van der Waals surface area contributed by atoms with Gasteiger partial charge in [0.1, 0.15) is 11.6 Å². The van der Waals surface area contributed by atoms with Crippen LogP contribution < -0.4 is 5.32 Å². The minimum Gasteiger partial charge on any atom is -0.296 e. The molecule has 0 spiro atoms. The summed E-state index contributed by atoms with van der Waals surface area (Å²) in [7, 11) is 0. The highest BCUT2D eigenvalue weighted by Gasteiger charge is 2.21. The van der Waals surface area contributed by atoms with Gasteiger partial charge in [0.25, 0.3) is 11.6 Å². The molecule has 2 aromatic heterocycles. The molecule has 0 atom stereocenters. The predicted octanol–water partition coefficient (Wildman–Crippen LogP) is 4.14. The zero-order valence-corrected chi connectivity index (χ0v) is 16.6. The third kappa shape index (κ3) is 3.88. The van der Waals surface area contributed by atoms with E-state index in [9.17, 15) is 23.7 Å². The fourth-order valence-electron chi connectivity index (χ4n) is 2.87. The van der Waals surface area contributed by atoms with Crippen LogP contribution in [-0.4, -0.2) is 30.8 Å². The molecule has 0 bridgehead atoms. The molecule has 2 heterocycles. The maximum Gasteiger partial charge on any atom is 0.279 e. The molecule has 0 saturated carbocycles. The number of hydrogen-bond donors (Lipinski definition) is 1. The number of halogens is 2. The Bertz CT molecular complexity index is 1300. The summed E-state index contributed by atoms with van der Waals surface area (Å²) in [6, 6.07) is 9.20. The van der Waals surface area contributed by atoms with E-state index in [4.69, 9.17) is 0 Å². The van der Waals surface area contributed by atoms with Gasteiger partial charge in [0.2, 0.25) is 0 Å². The van der Waals surface area contributed by atoms with Crippen LogP contribution in [0.5, 0.6) is 0 Å². The molecule has 2 aromatic carbocycles. The Labute approximate surface area is 177 Å². The molecule has 12 heteroatoms. The van der Waals surface area contributed by atoms with E-state index in [0.717, 1.165) is 23.5 Å². The molecule has 31 heavy (non-hydrogen) atoms. The summed E-state index contributed by atoms with van der Waals surface area (Å²) in [5.74, 6) is -2.16. The fourth-order valence-corrected chi connectivity index (χ4v) is 3.56. The molecule has 4 aromatic rings. The second-order valence-electron chi connectivity index (χ2n) is 6.30. The minimum absolute atomic E-state index is 0.0275. The predicted molar refractivity (Wildman–Crippen MR) is 108 cm³/mol. The lowest BCUT2D eigenvalue weighted by atomic mass is 10.1. The summed E-state index contributed by atoms with van der Waals surface area (Å²) >= 11 is 0.993. The van der Waals surface area contributed by atoms with Gasteiger partial charge in [-0.25, -0.2) is 18.4 Å². The molecule has 0 radical (unpaired) electrons. The molecular formula is C19H12F2N6O3S. The lowest BCUT2D eigenvalue weighted by Crippen LogP contribution is -2.14. The summed E-state index contributed by atoms with van der Waals surface area (Å²) in [5, 5.41) is 22.8. The Balaban J connectivity index is 1.58. The van der Waals surface area contributed by atoms with Gasteiger partial charge in [-0.15, -0.1) is 16.4 Å². The Morgan fingerprint density at radius 2 is 1.90 bits per heavy atom. The first kappa shape index (κ1) is 20.2. The van der Waals surface area contributed by atoms with Gasteiger partial charge in [0.05, 0.1) is 27.6 Å². The van der Waals surface area contributed by atoms with Gasteiger partial charge < -0.3 is 0 Å². The van der Waals surface area contributed by atoms with E-state index in [1.165, 1.54) is 34.3 Å². The highest BCUT2D eigenvalue weighted by atomic mass is 32.1. The molecule has 9 nitrogen and oxygen atoms in total. The van der Waals surface area contributed by atoms with Gasteiger partial charge >= 0.3 is 0 Å². The Kier molecular flexibility index (Phi) is 5.21. The van der Waals surface area contributed by atoms with E-state index in [1.807, 2.05) is 0 Å². The number of carbonyl (C=O) groups excluding carboxylic acids is 1. The molecule has 0 aliphatic carbocycles. The Morgan fingerprint density at radius 1 is 1.19 bits per heavy atom. The number of rotatable bonds is 5. The first-order valence-corrected chi connectivity index (χ1v) is 9.61. The van der Waals surface area contributed by atoms with Crippen molar-refractivity contribution in [3.05, 3.63) is 81.0 Å². The first-order valence-electron chi connectivity index (χ1n) is 8.73. The molecule has 156 valence electrons. The van der Waals surface area contributed by atoms with Crippen LogP contribution in [0.2, 0.25) is 0 Å². The second-order valence-corrected chi connectivity index (χ2v) is 7.16. The Hall–Kier alpha value is -4.06. The average molecular weight is 442 g/mol. The maximum absolute atomic E-state index is 13.9. The largest absolute Gasteiger partial charge is 0.296 e. The van der Waals surface area contributed by atoms with Crippen molar-refractivity contribution in [1.82, 2.24) is 20.0 Å². The van der Waals surface area contributed by atoms with Crippen LogP contribution in [0.1, 0.15) is 16.2 Å². The van der Waals surface area contributed by atoms with Crippen molar-refractivity contribution >= 4 is 28.1 Å². The minimum atomic E-state index is -0.765. The summed E-state index contributed by atoms with van der Waals surface area (Å²) in [5.41, 5.74) is 0.314. The van der Waals surface area contributed by atoms with Crippen molar-refractivity contribution < 1.29 is 18.5 Å². The third-order valence-electron chi connectivity index (χ3n) is 4.34. The van der Waals surface area contributed by atoms with Crippen molar-refractivity contribution in [2.45, 2.75) is 6.92 Å². The van der Waals surface area contributed by atoms with Gasteiger partial charge in [0, 0.05) is 17.5 Å². The zero-order chi connectivity index (χ0) is 22.1. The normalized spacial score (nSPS) is 10.8. The highest BCUT2D eigenvalue weighted by Crippen LogP contribution is 2.29. The van der Waals surface area contributed by atoms with Crippen molar-refractivity contribution in [3.8, 4) is 16.9 Å². The van der Waals surface area contributed by atoms with Crippen LogP contribution in [-0.2, 0) is 0 Å². The second kappa shape index (κ2) is 7.99. The quantitative estimate of drug-likeness (QED) is 0.367. The van der Waals surface area contributed by atoms with Crippen LogP contribution in [0.3, 0.4) is 0 Å². The van der Waals surface area contributed by atoms with Crippen LogP contribution in [0, 0.1) is 28.7 Å². The van der Waals surface area contributed by atoms with E-state index in [2.05, 4.69) is 20.6 Å². The van der Waals surface area contributed by atoms with Gasteiger partial charge in [-0.05, 0) is 25.1 Å². The number of nitro groups is 1. The van der Waals surface area contributed by atoms with E-state index >= 15 is 0 Å². The number of anilines is 1. The van der Waals surface area contributed by atoms with Gasteiger partial charge in [-0.1, -0.05) is 17.3 Å². The molecule has 1 N–H and O–H groups in total. The maximum atomic E-state index is 13.9.